The highest BCUT2D eigenvalue weighted by Gasteiger charge is 2.44. The van der Waals surface area contributed by atoms with E-state index in [4.69, 9.17) is 23.7 Å². The van der Waals surface area contributed by atoms with Crippen LogP contribution in [-0.4, -0.2) is 97.1 Å². The number of nitrogens with one attached hydrogen (secondary N) is 1. The van der Waals surface area contributed by atoms with Gasteiger partial charge in [0.1, 0.15) is 18.1 Å². The highest BCUT2D eigenvalue weighted by atomic mass is 32.2. The Morgan fingerprint density at radius 3 is 2.55 bits per heavy atom. The predicted octanol–water partition coefficient (Wildman–Crippen LogP) is 5.69. The second-order valence-corrected chi connectivity index (χ2v) is 16.4. The molecule has 5 atom stereocenters. The van der Waals surface area contributed by atoms with E-state index < -0.39 is 28.1 Å². The van der Waals surface area contributed by atoms with Crippen LogP contribution in [0.3, 0.4) is 0 Å². The fourth-order valence-electron chi connectivity index (χ4n) is 7.69. The summed E-state index contributed by atoms with van der Waals surface area (Å²) in [7, 11) is -0.585. The number of hydrogen-bond acceptors (Lipinski definition) is 9. The average molecular weight is 750 g/mol. The summed E-state index contributed by atoms with van der Waals surface area (Å²) in [6, 6.07) is 20.6. The van der Waals surface area contributed by atoms with Crippen LogP contribution in [0.2, 0.25) is 0 Å². The van der Waals surface area contributed by atoms with Crippen molar-refractivity contribution in [3.8, 4) is 11.5 Å². The summed E-state index contributed by atoms with van der Waals surface area (Å²) < 4.78 is 59.8. The van der Waals surface area contributed by atoms with Crippen LogP contribution in [0.25, 0.3) is 0 Å². The highest BCUT2D eigenvalue weighted by Crippen LogP contribution is 2.40. The van der Waals surface area contributed by atoms with Crippen molar-refractivity contribution in [1.29, 1.82) is 0 Å². The summed E-state index contributed by atoms with van der Waals surface area (Å²) in [5.41, 5.74) is 4.02. The van der Waals surface area contributed by atoms with Crippen LogP contribution < -0.4 is 19.7 Å². The lowest BCUT2D eigenvalue weighted by atomic mass is 9.81. The molecule has 11 nitrogen and oxygen atoms in total. The molecule has 0 aromatic heterocycles. The second-order valence-electron chi connectivity index (χ2n) is 14.5. The SMILES string of the molecule is COCCCN1CCOc2ccc(CO[C@H]3CN(S(=O)(=O)c4ccc(C)cc4)[C@@H](C[C@@H](C)C(=O)NC[C@@H]4CCCO4)C[C@@H]3c3ccc(OC)cc3)cc21. The van der Waals surface area contributed by atoms with Crippen molar-refractivity contribution in [2.24, 2.45) is 5.92 Å². The molecule has 0 radical (unpaired) electrons. The molecule has 3 heterocycles. The Kier molecular flexibility index (Phi) is 13.3. The first-order valence-electron chi connectivity index (χ1n) is 18.9. The number of anilines is 1. The average Bonchev–Trinajstić information content (AvgIpc) is 3.70. The van der Waals surface area contributed by atoms with Gasteiger partial charge < -0.3 is 33.9 Å². The van der Waals surface area contributed by atoms with Crippen LogP contribution in [0.5, 0.6) is 11.5 Å². The third-order valence-corrected chi connectivity index (χ3v) is 12.7. The number of amides is 1. The van der Waals surface area contributed by atoms with Crippen molar-refractivity contribution in [2.45, 2.75) is 81.6 Å². The number of benzene rings is 3. The molecule has 12 heteroatoms. The lowest BCUT2D eigenvalue weighted by Crippen LogP contribution is -2.53. The Balaban J connectivity index is 1.28. The van der Waals surface area contributed by atoms with E-state index in [0.717, 1.165) is 66.2 Å². The Morgan fingerprint density at radius 2 is 1.83 bits per heavy atom. The number of piperidine rings is 1. The standard InChI is InChI=1S/C41H55N3O8S/c1-29-8-15-36(16-9-29)53(46,47)44-27-40(52-28-31-10-17-39-38(24-31)43(19-22-51-39)18-6-20-48-3)37(32-11-13-34(49-4)14-12-32)25-33(44)23-30(2)41(45)42-26-35-7-5-21-50-35/h8-17,24,30,33,35,37,40H,5-7,18-23,25-28H2,1-4H3,(H,42,45)/t30-,33+,35+,37-,40+/m1/s1. The summed E-state index contributed by atoms with van der Waals surface area (Å²) >= 11 is 0. The Morgan fingerprint density at radius 1 is 1.04 bits per heavy atom. The molecule has 53 heavy (non-hydrogen) atoms. The molecule has 0 aliphatic carbocycles. The maximum Gasteiger partial charge on any atom is 0.243 e. The van der Waals surface area contributed by atoms with Gasteiger partial charge >= 0.3 is 0 Å². The number of carbonyl (C=O) groups excluding carboxylic acids is 1. The molecule has 3 aromatic carbocycles. The normalized spacial score (nSPS) is 22.5. The second kappa shape index (κ2) is 18.1. The van der Waals surface area contributed by atoms with Gasteiger partial charge in [-0.25, -0.2) is 8.42 Å². The van der Waals surface area contributed by atoms with Gasteiger partial charge in [-0.1, -0.05) is 42.8 Å². The van der Waals surface area contributed by atoms with Crippen LogP contribution in [0.1, 0.15) is 61.6 Å². The van der Waals surface area contributed by atoms with Crippen molar-refractivity contribution >= 4 is 21.6 Å². The van der Waals surface area contributed by atoms with E-state index in [1.807, 2.05) is 62.4 Å². The number of aryl methyl sites for hydroxylation is 1. The summed E-state index contributed by atoms with van der Waals surface area (Å²) in [5, 5.41) is 3.06. The molecular formula is C41H55N3O8S. The maximum absolute atomic E-state index is 14.5. The predicted molar refractivity (Wildman–Crippen MR) is 204 cm³/mol. The zero-order valence-corrected chi connectivity index (χ0v) is 32.3. The van der Waals surface area contributed by atoms with Crippen molar-refractivity contribution in [3.05, 3.63) is 83.4 Å². The lowest BCUT2D eigenvalue weighted by molar-refractivity contribution is -0.125. The van der Waals surface area contributed by atoms with E-state index in [9.17, 15) is 13.2 Å². The Bertz CT molecular complexity index is 1750. The lowest BCUT2D eigenvalue weighted by Gasteiger charge is -2.44. The van der Waals surface area contributed by atoms with E-state index in [1.165, 1.54) is 0 Å². The number of carbonyl (C=O) groups is 1. The van der Waals surface area contributed by atoms with E-state index in [-0.39, 0.29) is 29.4 Å². The first-order chi connectivity index (χ1) is 25.7. The van der Waals surface area contributed by atoms with Crippen molar-refractivity contribution in [3.63, 3.8) is 0 Å². The van der Waals surface area contributed by atoms with Gasteiger partial charge in [-0.2, -0.15) is 4.31 Å². The largest absolute Gasteiger partial charge is 0.497 e. The zero-order valence-electron chi connectivity index (χ0n) is 31.5. The number of sulfonamides is 1. The van der Waals surface area contributed by atoms with E-state index in [2.05, 4.69) is 16.3 Å². The molecule has 2 fully saturated rings. The number of methoxy groups -OCH3 is 2. The minimum absolute atomic E-state index is 0.0259. The molecule has 2 saturated heterocycles. The van der Waals surface area contributed by atoms with Gasteiger partial charge in [-0.3, -0.25) is 4.79 Å². The molecule has 1 N–H and O–H groups in total. The summed E-state index contributed by atoms with van der Waals surface area (Å²) in [5.74, 6) is 0.934. The quantitative estimate of drug-likeness (QED) is 0.185. The van der Waals surface area contributed by atoms with Crippen molar-refractivity contribution in [1.82, 2.24) is 9.62 Å². The van der Waals surface area contributed by atoms with Gasteiger partial charge in [0.2, 0.25) is 15.9 Å². The van der Waals surface area contributed by atoms with Gasteiger partial charge in [0.15, 0.2) is 0 Å². The number of ether oxygens (including phenoxy) is 5. The van der Waals surface area contributed by atoms with Gasteiger partial charge in [0.05, 0.1) is 43.1 Å². The smallest absolute Gasteiger partial charge is 0.243 e. The summed E-state index contributed by atoms with van der Waals surface area (Å²) in [4.78, 5) is 15.9. The van der Waals surface area contributed by atoms with Crippen LogP contribution in [0, 0.1) is 12.8 Å². The van der Waals surface area contributed by atoms with Crippen LogP contribution in [-0.2, 0) is 35.6 Å². The molecule has 3 aliphatic rings. The molecular weight excluding hydrogens is 695 g/mol. The molecule has 288 valence electrons. The van der Waals surface area contributed by atoms with E-state index in [0.29, 0.717) is 45.8 Å². The third-order valence-electron chi connectivity index (χ3n) is 10.7. The zero-order chi connectivity index (χ0) is 37.4. The number of fused-ring (bicyclic) bond motifs is 1. The van der Waals surface area contributed by atoms with Gasteiger partial charge in [-0.05, 0) is 86.6 Å². The van der Waals surface area contributed by atoms with Crippen LogP contribution >= 0.6 is 0 Å². The first kappa shape index (κ1) is 39.0. The molecule has 0 unspecified atom stereocenters. The molecule has 3 aromatic rings. The van der Waals surface area contributed by atoms with Crippen molar-refractivity contribution < 1.29 is 36.9 Å². The fraction of sp³-hybridized carbons (Fsp3) is 0.537. The minimum atomic E-state index is -3.94. The van der Waals surface area contributed by atoms with Crippen molar-refractivity contribution in [2.75, 3.05) is 65.1 Å². The monoisotopic (exact) mass is 749 g/mol. The van der Waals surface area contributed by atoms with Gasteiger partial charge in [-0.15, -0.1) is 0 Å². The number of nitrogens with zero attached hydrogens (tertiary/aromatic N) is 2. The number of hydrogen-bond donors (Lipinski definition) is 1. The Hall–Kier alpha value is -3.68. The van der Waals surface area contributed by atoms with Gasteiger partial charge in [0.25, 0.3) is 0 Å². The van der Waals surface area contributed by atoms with Crippen LogP contribution in [0.4, 0.5) is 5.69 Å². The third kappa shape index (κ3) is 9.71. The minimum Gasteiger partial charge on any atom is -0.497 e. The van der Waals surface area contributed by atoms with E-state index >= 15 is 0 Å². The van der Waals surface area contributed by atoms with Crippen LogP contribution in [0.15, 0.2) is 71.6 Å². The topological polar surface area (TPSA) is 116 Å². The molecule has 0 saturated carbocycles. The Labute approximate surface area is 314 Å². The maximum atomic E-state index is 14.5. The summed E-state index contributed by atoms with van der Waals surface area (Å²) in [6.45, 7) is 8.39. The molecule has 0 spiro atoms. The molecule has 0 bridgehead atoms. The first-order valence-corrected chi connectivity index (χ1v) is 20.3. The number of rotatable bonds is 16. The highest BCUT2D eigenvalue weighted by molar-refractivity contribution is 7.89. The molecule has 3 aliphatic heterocycles. The van der Waals surface area contributed by atoms with Gasteiger partial charge in [0, 0.05) is 57.8 Å². The fourth-order valence-corrected chi connectivity index (χ4v) is 9.35. The van der Waals surface area contributed by atoms with E-state index in [1.54, 1.807) is 30.7 Å². The molecule has 1 amide bonds. The summed E-state index contributed by atoms with van der Waals surface area (Å²) in [6.07, 6.45) is 3.24. The molecule has 6 rings (SSSR count).